The van der Waals surface area contributed by atoms with Crippen molar-refractivity contribution in [2.75, 3.05) is 11.1 Å². The van der Waals surface area contributed by atoms with Gasteiger partial charge in [-0.25, -0.2) is 0 Å². The zero-order valence-corrected chi connectivity index (χ0v) is 14.3. The maximum atomic E-state index is 12.3. The van der Waals surface area contributed by atoms with E-state index in [-0.39, 0.29) is 11.7 Å². The minimum absolute atomic E-state index is 0.0646. The lowest BCUT2D eigenvalue weighted by atomic mass is 10.1. The van der Waals surface area contributed by atoms with Gasteiger partial charge in [0.15, 0.2) is 5.78 Å². The van der Waals surface area contributed by atoms with Crippen LogP contribution in [0.4, 0.5) is 5.69 Å². The second-order valence-electron chi connectivity index (χ2n) is 5.42. The van der Waals surface area contributed by atoms with Crippen molar-refractivity contribution in [1.29, 1.82) is 0 Å². The van der Waals surface area contributed by atoms with Crippen LogP contribution in [0.1, 0.15) is 20.7 Å². The smallest absolute Gasteiger partial charge is 0.255 e. The lowest BCUT2D eigenvalue weighted by Crippen LogP contribution is -2.11. The number of hydrogen-bond acceptors (Lipinski definition) is 3. The number of ketones is 1. The van der Waals surface area contributed by atoms with E-state index < -0.39 is 0 Å². The normalized spacial score (nSPS) is 10.2. The molecular weight excluding hydrogens is 330 g/mol. The zero-order valence-electron chi connectivity index (χ0n) is 13.5. The second kappa shape index (κ2) is 8.31. The molecule has 4 heteroatoms. The summed E-state index contributed by atoms with van der Waals surface area (Å²) in [6.45, 7) is 0. The van der Waals surface area contributed by atoms with Crippen molar-refractivity contribution in [2.45, 2.75) is 4.90 Å². The second-order valence-corrected chi connectivity index (χ2v) is 6.47. The van der Waals surface area contributed by atoms with E-state index in [0.29, 0.717) is 22.6 Å². The van der Waals surface area contributed by atoms with Gasteiger partial charge in [0, 0.05) is 21.7 Å². The number of carbonyl (C=O) groups is 2. The molecule has 25 heavy (non-hydrogen) atoms. The third kappa shape index (κ3) is 4.81. The van der Waals surface area contributed by atoms with Crippen molar-refractivity contribution in [2.24, 2.45) is 0 Å². The highest BCUT2D eigenvalue weighted by Crippen LogP contribution is 2.19. The average Bonchev–Trinajstić information content (AvgIpc) is 2.68. The Kier molecular flexibility index (Phi) is 5.65. The third-order valence-corrected chi connectivity index (χ3v) is 4.63. The summed E-state index contributed by atoms with van der Waals surface area (Å²) in [6, 6.07) is 25.9. The Labute approximate surface area is 151 Å². The van der Waals surface area contributed by atoms with Gasteiger partial charge >= 0.3 is 0 Å². The van der Waals surface area contributed by atoms with Crippen LogP contribution in [-0.4, -0.2) is 17.4 Å². The predicted molar refractivity (Wildman–Crippen MR) is 102 cm³/mol. The van der Waals surface area contributed by atoms with Crippen molar-refractivity contribution >= 4 is 29.1 Å². The fourth-order valence-electron chi connectivity index (χ4n) is 2.28. The fourth-order valence-corrected chi connectivity index (χ4v) is 3.10. The summed E-state index contributed by atoms with van der Waals surface area (Å²) in [7, 11) is 0. The van der Waals surface area contributed by atoms with Crippen LogP contribution >= 0.6 is 11.8 Å². The molecule has 0 aliphatic carbocycles. The summed E-state index contributed by atoms with van der Waals surface area (Å²) in [5.41, 5.74) is 1.91. The molecule has 0 saturated carbocycles. The molecule has 3 aromatic carbocycles. The largest absolute Gasteiger partial charge is 0.322 e. The van der Waals surface area contributed by atoms with Gasteiger partial charge in [0.1, 0.15) is 0 Å². The number of thioether (sulfide) groups is 1. The van der Waals surface area contributed by atoms with Gasteiger partial charge in [0.05, 0.1) is 5.75 Å². The quantitative estimate of drug-likeness (QED) is 0.509. The first-order valence-electron chi connectivity index (χ1n) is 7.90. The van der Waals surface area contributed by atoms with Crippen LogP contribution in [0.15, 0.2) is 89.8 Å². The van der Waals surface area contributed by atoms with Gasteiger partial charge < -0.3 is 5.32 Å². The first kappa shape index (κ1) is 17.0. The Balaban J connectivity index is 1.58. The number of rotatable bonds is 6. The number of nitrogens with one attached hydrogen (secondary N) is 1. The van der Waals surface area contributed by atoms with E-state index >= 15 is 0 Å². The van der Waals surface area contributed by atoms with Crippen LogP contribution < -0.4 is 5.32 Å². The highest BCUT2D eigenvalue weighted by molar-refractivity contribution is 8.00. The topological polar surface area (TPSA) is 46.2 Å². The van der Waals surface area contributed by atoms with E-state index in [1.165, 1.54) is 11.8 Å². The molecule has 1 amide bonds. The molecule has 0 fully saturated rings. The van der Waals surface area contributed by atoms with Gasteiger partial charge in [0.25, 0.3) is 5.91 Å². The van der Waals surface area contributed by atoms with Crippen molar-refractivity contribution < 1.29 is 9.59 Å². The van der Waals surface area contributed by atoms with Gasteiger partial charge in [-0.1, -0.05) is 36.4 Å². The Morgan fingerprint density at radius 1 is 0.720 bits per heavy atom. The number of carbonyl (C=O) groups excluding carboxylic acids is 2. The van der Waals surface area contributed by atoms with Crippen molar-refractivity contribution in [3.63, 3.8) is 0 Å². The van der Waals surface area contributed by atoms with E-state index in [2.05, 4.69) is 5.32 Å². The SMILES string of the molecule is O=C(CSc1ccccc1)c1ccc(NC(=O)c2ccccc2)cc1. The van der Waals surface area contributed by atoms with Gasteiger partial charge in [-0.05, 0) is 48.5 Å². The van der Waals surface area contributed by atoms with E-state index in [1.54, 1.807) is 36.4 Å². The first-order valence-corrected chi connectivity index (χ1v) is 8.88. The molecule has 0 aliphatic heterocycles. The lowest BCUT2D eigenvalue weighted by molar-refractivity contribution is 0.101. The Hall–Kier alpha value is -2.85. The minimum Gasteiger partial charge on any atom is -0.322 e. The van der Waals surface area contributed by atoms with Crippen molar-refractivity contribution in [3.8, 4) is 0 Å². The van der Waals surface area contributed by atoms with E-state index in [1.807, 2.05) is 48.5 Å². The number of amides is 1. The summed E-state index contributed by atoms with van der Waals surface area (Å²) in [4.78, 5) is 25.4. The number of benzene rings is 3. The molecule has 0 spiro atoms. The average molecular weight is 347 g/mol. The molecule has 0 atom stereocenters. The molecule has 0 bridgehead atoms. The molecule has 0 unspecified atom stereocenters. The van der Waals surface area contributed by atoms with Crippen LogP contribution in [0.2, 0.25) is 0 Å². The lowest BCUT2D eigenvalue weighted by Gasteiger charge is -2.06. The molecule has 3 rings (SSSR count). The molecule has 0 aromatic heterocycles. The summed E-state index contributed by atoms with van der Waals surface area (Å²) in [5, 5.41) is 2.83. The molecular formula is C21H17NO2S. The van der Waals surface area contributed by atoms with Crippen LogP contribution in [0.3, 0.4) is 0 Å². The maximum Gasteiger partial charge on any atom is 0.255 e. The van der Waals surface area contributed by atoms with E-state index in [0.717, 1.165) is 4.90 Å². The van der Waals surface area contributed by atoms with Crippen molar-refractivity contribution in [1.82, 2.24) is 0 Å². The van der Waals surface area contributed by atoms with Gasteiger partial charge in [-0.2, -0.15) is 0 Å². The Morgan fingerprint density at radius 3 is 1.96 bits per heavy atom. The Bertz CT molecular complexity index is 846. The van der Waals surface area contributed by atoms with Crippen LogP contribution in [0.25, 0.3) is 0 Å². The fraction of sp³-hybridized carbons (Fsp3) is 0.0476. The highest BCUT2D eigenvalue weighted by Gasteiger charge is 2.08. The molecule has 0 saturated heterocycles. The molecule has 3 aromatic rings. The van der Waals surface area contributed by atoms with Crippen LogP contribution in [0, 0.1) is 0 Å². The van der Waals surface area contributed by atoms with Crippen LogP contribution in [-0.2, 0) is 0 Å². The molecule has 0 heterocycles. The van der Waals surface area contributed by atoms with Crippen LogP contribution in [0.5, 0.6) is 0 Å². The molecule has 0 radical (unpaired) electrons. The van der Waals surface area contributed by atoms with Crippen molar-refractivity contribution in [3.05, 3.63) is 96.1 Å². The molecule has 3 nitrogen and oxygen atoms in total. The van der Waals surface area contributed by atoms with Gasteiger partial charge in [-0.15, -0.1) is 11.8 Å². The predicted octanol–water partition coefficient (Wildman–Crippen LogP) is 4.91. The van der Waals surface area contributed by atoms with Gasteiger partial charge in [-0.3, -0.25) is 9.59 Å². The third-order valence-electron chi connectivity index (χ3n) is 3.61. The monoisotopic (exact) mass is 347 g/mol. The minimum atomic E-state index is -0.167. The van der Waals surface area contributed by atoms with E-state index in [9.17, 15) is 9.59 Å². The zero-order chi connectivity index (χ0) is 17.5. The first-order chi connectivity index (χ1) is 12.2. The highest BCUT2D eigenvalue weighted by atomic mass is 32.2. The van der Waals surface area contributed by atoms with E-state index in [4.69, 9.17) is 0 Å². The molecule has 124 valence electrons. The number of anilines is 1. The number of Topliss-reactive ketones (excluding diaryl/α,β-unsaturated/α-hetero) is 1. The molecule has 1 N–H and O–H groups in total. The standard InChI is InChI=1S/C21H17NO2S/c23-20(15-25-19-9-5-2-6-10-19)16-11-13-18(14-12-16)22-21(24)17-7-3-1-4-8-17/h1-14H,15H2,(H,22,24). The summed E-state index contributed by atoms with van der Waals surface area (Å²) < 4.78 is 0. The maximum absolute atomic E-state index is 12.3. The summed E-state index contributed by atoms with van der Waals surface area (Å²) in [6.07, 6.45) is 0. The van der Waals surface area contributed by atoms with Gasteiger partial charge in [0.2, 0.25) is 0 Å². The summed E-state index contributed by atoms with van der Waals surface area (Å²) >= 11 is 1.52. The Morgan fingerprint density at radius 2 is 1.32 bits per heavy atom. The summed E-state index contributed by atoms with van der Waals surface area (Å²) in [5.74, 6) is 0.286. The number of hydrogen-bond donors (Lipinski definition) is 1. The molecule has 0 aliphatic rings.